The standard InChI is InChI=1S/C26H23ClF4N4O3/c1-38-20-12-7-11-18(21(20)27)22-23(36)34(15-19(32)16-8-3-2-4-9-16)24(37)35(33-22)14-17-10-5-6-13-25(17,28)26(29,30)31/h2-13,17,19H,14-15,32H2,1H3. The van der Waals surface area contributed by atoms with Gasteiger partial charge in [-0.25, -0.2) is 13.9 Å². The lowest BCUT2D eigenvalue weighted by Gasteiger charge is -2.33. The molecule has 0 radical (unpaired) electrons. The Morgan fingerprint density at radius 3 is 2.50 bits per heavy atom. The third kappa shape index (κ3) is 5.03. The second-order valence-corrected chi connectivity index (χ2v) is 9.06. The first-order valence-corrected chi connectivity index (χ1v) is 11.8. The molecule has 0 spiro atoms. The number of aromatic nitrogens is 3. The van der Waals surface area contributed by atoms with Crippen molar-refractivity contribution in [1.29, 1.82) is 0 Å². The van der Waals surface area contributed by atoms with Gasteiger partial charge in [0.15, 0.2) is 5.69 Å². The van der Waals surface area contributed by atoms with Gasteiger partial charge in [-0.05, 0) is 17.7 Å². The molecule has 0 saturated carbocycles. The molecule has 1 aliphatic rings. The van der Waals surface area contributed by atoms with Crippen LogP contribution in [0.25, 0.3) is 11.3 Å². The summed E-state index contributed by atoms with van der Waals surface area (Å²) in [4.78, 5) is 26.9. The van der Waals surface area contributed by atoms with E-state index in [2.05, 4.69) is 5.10 Å². The minimum atomic E-state index is -5.26. The average molecular weight is 551 g/mol. The summed E-state index contributed by atoms with van der Waals surface area (Å²) >= 11 is 6.40. The van der Waals surface area contributed by atoms with Gasteiger partial charge in [0.05, 0.1) is 25.2 Å². The number of nitrogens with two attached hydrogens (primary N) is 1. The van der Waals surface area contributed by atoms with Crippen LogP contribution >= 0.6 is 11.6 Å². The number of ether oxygens (including phenoxy) is 1. The number of hydrogen-bond donors (Lipinski definition) is 1. The number of halogens is 5. The van der Waals surface area contributed by atoms with Crippen molar-refractivity contribution >= 4 is 11.6 Å². The zero-order chi connectivity index (χ0) is 27.7. The lowest BCUT2D eigenvalue weighted by atomic mass is 9.84. The zero-order valence-corrected chi connectivity index (χ0v) is 20.8. The molecule has 0 amide bonds. The molecule has 0 saturated heterocycles. The van der Waals surface area contributed by atoms with E-state index in [0.717, 1.165) is 16.7 Å². The molecule has 1 aromatic heterocycles. The quantitative estimate of drug-likeness (QED) is 0.439. The summed E-state index contributed by atoms with van der Waals surface area (Å²) in [6.07, 6.45) is -1.66. The van der Waals surface area contributed by atoms with Gasteiger partial charge in [0.1, 0.15) is 5.75 Å². The topological polar surface area (TPSA) is 92.1 Å². The number of methoxy groups -OCH3 is 1. The second kappa shape index (κ2) is 10.6. The molecule has 7 nitrogen and oxygen atoms in total. The van der Waals surface area contributed by atoms with E-state index in [0.29, 0.717) is 16.3 Å². The minimum absolute atomic E-state index is 0.000618. The molecule has 38 heavy (non-hydrogen) atoms. The predicted molar refractivity (Wildman–Crippen MR) is 135 cm³/mol. The SMILES string of the molecule is COc1cccc(-c2nn(CC3C=CC=CC3(F)C(F)(F)F)c(=O)n(CC(N)c3ccccc3)c2=O)c1Cl. The molecule has 3 aromatic rings. The van der Waals surface area contributed by atoms with Gasteiger partial charge in [0, 0.05) is 17.5 Å². The monoisotopic (exact) mass is 550 g/mol. The maximum absolute atomic E-state index is 15.2. The van der Waals surface area contributed by atoms with Crippen LogP contribution in [0.3, 0.4) is 0 Å². The van der Waals surface area contributed by atoms with Gasteiger partial charge in [0.25, 0.3) is 5.56 Å². The van der Waals surface area contributed by atoms with Gasteiger partial charge in [-0.3, -0.25) is 9.36 Å². The fourth-order valence-corrected chi connectivity index (χ4v) is 4.50. The molecular formula is C26H23ClF4N4O3. The lowest BCUT2D eigenvalue weighted by molar-refractivity contribution is -0.225. The van der Waals surface area contributed by atoms with Crippen LogP contribution in [0.15, 0.2) is 82.4 Å². The first kappa shape index (κ1) is 27.3. The maximum atomic E-state index is 15.2. The highest BCUT2D eigenvalue weighted by atomic mass is 35.5. The summed E-state index contributed by atoms with van der Waals surface area (Å²) in [6.45, 7) is -1.13. The Morgan fingerprint density at radius 1 is 1.13 bits per heavy atom. The van der Waals surface area contributed by atoms with Crippen LogP contribution in [0.5, 0.6) is 5.75 Å². The van der Waals surface area contributed by atoms with Crippen molar-refractivity contribution in [3.63, 3.8) is 0 Å². The number of rotatable bonds is 7. The molecule has 12 heteroatoms. The van der Waals surface area contributed by atoms with Crippen LogP contribution in [0, 0.1) is 5.92 Å². The smallest absolute Gasteiger partial charge is 0.426 e. The van der Waals surface area contributed by atoms with Crippen molar-refractivity contribution in [2.45, 2.75) is 31.0 Å². The summed E-state index contributed by atoms with van der Waals surface area (Å²) in [7, 11) is 1.36. The highest BCUT2D eigenvalue weighted by Crippen LogP contribution is 2.43. The van der Waals surface area contributed by atoms with Gasteiger partial charge in [0.2, 0.25) is 5.67 Å². The van der Waals surface area contributed by atoms with Crippen LogP contribution in [-0.2, 0) is 13.1 Å². The Morgan fingerprint density at radius 2 is 1.84 bits per heavy atom. The maximum Gasteiger partial charge on any atom is 0.426 e. The first-order valence-electron chi connectivity index (χ1n) is 11.4. The fraction of sp³-hybridized carbons (Fsp3) is 0.269. The van der Waals surface area contributed by atoms with E-state index in [1.807, 2.05) is 0 Å². The molecule has 0 fully saturated rings. The van der Waals surface area contributed by atoms with Crippen molar-refractivity contribution in [2.75, 3.05) is 7.11 Å². The third-order valence-corrected chi connectivity index (χ3v) is 6.69. The predicted octanol–water partition coefficient (Wildman–Crippen LogP) is 4.45. The van der Waals surface area contributed by atoms with Crippen molar-refractivity contribution in [1.82, 2.24) is 14.3 Å². The summed E-state index contributed by atoms with van der Waals surface area (Å²) in [5.41, 5.74) is 0.955. The zero-order valence-electron chi connectivity index (χ0n) is 20.0. The van der Waals surface area contributed by atoms with Crippen LogP contribution in [0.4, 0.5) is 17.6 Å². The van der Waals surface area contributed by atoms with E-state index in [9.17, 15) is 22.8 Å². The Balaban J connectivity index is 1.89. The lowest BCUT2D eigenvalue weighted by Crippen LogP contribution is -2.50. The van der Waals surface area contributed by atoms with Crippen LogP contribution in [0.2, 0.25) is 5.02 Å². The van der Waals surface area contributed by atoms with E-state index < -0.39 is 41.6 Å². The summed E-state index contributed by atoms with van der Waals surface area (Å²) in [5, 5.41) is 4.06. The molecule has 200 valence electrons. The van der Waals surface area contributed by atoms with Gasteiger partial charge in [-0.1, -0.05) is 72.3 Å². The molecule has 0 bridgehead atoms. The second-order valence-electron chi connectivity index (χ2n) is 8.68. The first-order chi connectivity index (χ1) is 18.0. The van der Waals surface area contributed by atoms with Crippen molar-refractivity contribution < 1.29 is 22.3 Å². The van der Waals surface area contributed by atoms with Crippen LogP contribution < -0.4 is 21.7 Å². The molecule has 1 aliphatic carbocycles. The highest BCUT2D eigenvalue weighted by Gasteiger charge is 2.59. The summed E-state index contributed by atoms with van der Waals surface area (Å²) < 4.78 is 62.9. The van der Waals surface area contributed by atoms with Gasteiger partial charge < -0.3 is 10.5 Å². The molecule has 0 aliphatic heterocycles. The van der Waals surface area contributed by atoms with E-state index >= 15 is 4.39 Å². The van der Waals surface area contributed by atoms with Crippen molar-refractivity contribution in [3.05, 3.63) is 104 Å². The Labute approximate surface area is 219 Å². The minimum Gasteiger partial charge on any atom is -0.495 e. The van der Waals surface area contributed by atoms with E-state index in [-0.39, 0.29) is 28.6 Å². The molecule has 4 rings (SSSR count). The van der Waals surface area contributed by atoms with E-state index in [4.69, 9.17) is 22.1 Å². The van der Waals surface area contributed by atoms with Crippen molar-refractivity contribution in [3.8, 4) is 17.0 Å². The number of allylic oxidation sites excluding steroid dienone is 4. The van der Waals surface area contributed by atoms with Crippen LogP contribution in [-0.4, -0.2) is 33.3 Å². The Hall–Kier alpha value is -3.70. The van der Waals surface area contributed by atoms with Gasteiger partial charge in [-0.15, -0.1) is 0 Å². The molecule has 1 heterocycles. The van der Waals surface area contributed by atoms with E-state index in [1.165, 1.54) is 31.4 Å². The number of benzene rings is 2. The molecule has 3 unspecified atom stereocenters. The fourth-order valence-electron chi connectivity index (χ4n) is 4.21. The normalized spacial score (nSPS) is 19.9. The summed E-state index contributed by atoms with van der Waals surface area (Å²) in [6, 6.07) is 12.3. The molecular weight excluding hydrogens is 528 g/mol. The number of nitrogens with zero attached hydrogens (tertiary/aromatic N) is 3. The molecule has 2 aromatic carbocycles. The third-order valence-electron chi connectivity index (χ3n) is 6.30. The average Bonchev–Trinajstić information content (AvgIpc) is 2.89. The van der Waals surface area contributed by atoms with Crippen molar-refractivity contribution in [2.24, 2.45) is 11.7 Å². The largest absolute Gasteiger partial charge is 0.495 e. The number of alkyl halides is 4. The Bertz CT molecular complexity index is 1500. The van der Waals surface area contributed by atoms with Crippen LogP contribution in [0.1, 0.15) is 11.6 Å². The van der Waals surface area contributed by atoms with E-state index in [1.54, 1.807) is 30.3 Å². The van der Waals surface area contributed by atoms with Gasteiger partial charge in [-0.2, -0.15) is 18.3 Å². The molecule has 3 atom stereocenters. The van der Waals surface area contributed by atoms with Gasteiger partial charge >= 0.3 is 11.9 Å². The summed E-state index contributed by atoms with van der Waals surface area (Å²) in [5.74, 6) is -1.63. The molecule has 2 N–H and O–H groups in total. The highest BCUT2D eigenvalue weighted by molar-refractivity contribution is 6.34. The number of hydrogen-bond acceptors (Lipinski definition) is 5. The Kier molecular flexibility index (Phi) is 7.61.